The van der Waals surface area contributed by atoms with Gasteiger partial charge in [-0.2, -0.15) is 0 Å². The van der Waals surface area contributed by atoms with Gasteiger partial charge in [0, 0.05) is 0 Å². The van der Waals surface area contributed by atoms with Crippen LogP contribution in [0.3, 0.4) is 0 Å². The number of para-hydroxylation sites is 1. The Morgan fingerprint density at radius 2 is 2.00 bits per heavy atom. The molecule has 3 nitrogen and oxygen atoms in total. The fourth-order valence-corrected chi connectivity index (χ4v) is 0.767. The minimum absolute atomic E-state index is 0.569. The Hall–Kier alpha value is -1.35. The van der Waals surface area contributed by atoms with Gasteiger partial charge in [0.05, 0.1) is 0 Å². The van der Waals surface area contributed by atoms with Gasteiger partial charge in [-0.1, -0.05) is 18.2 Å². The monoisotopic (exact) mass is 165 g/mol. The van der Waals surface area contributed by atoms with E-state index in [1.807, 2.05) is 18.2 Å². The zero-order valence-corrected chi connectivity index (χ0v) is 6.86. The van der Waals surface area contributed by atoms with Gasteiger partial charge in [-0.05, 0) is 19.1 Å². The predicted octanol–water partition coefficient (Wildman–Crippen LogP) is 0.939. The molecule has 1 rings (SSSR count). The van der Waals surface area contributed by atoms with E-state index in [0.717, 1.165) is 0 Å². The Kier molecular flexibility index (Phi) is 2.45. The van der Waals surface area contributed by atoms with Crippen LogP contribution >= 0.6 is 0 Å². The summed E-state index contributed by atoms with van der Waals surface area (Å²) >= 11 is 0. The standard InChI is InChI=1S/C9H11NO2/c1-9(10,7-11)12-8-5-3-2-4-6-8/h2-7H,10H2,1H3. The largest absolute Gasteiger partial charge is 0.466 e. The summed E-state index contributed by atoms with van der Waals surface area (Å²) in [6.45, 7) is 1.51. The van der Waals surface area contributed by atoms with E-state index in [9.17, 15) is 4.79 Å². The lowest BCUT2D eigenvalue weighted by Gasteiger charge is -2.18. The number of carbonyl (C=O) groups excluding carboxylic acids is 1. The van der Waals surface area contributed by atoms with Crippen LogP contribution in [0.15, 0.2) is 30.3 Å². The Morgan fingerprint density at radius 1 is 1.42 bits per heavy atom. The molecule has 12 heavy (non-hydrogen) atoms. The third kappa shape index (κ3) is 2.36. The van der Waals surface area contributed by atoms with Crippen molar-refractivity contribution in [1.29, 1.82) is 0 Å². The molecule has 0 amide bonds. The minimum Gasteiger partial charge on any atom is -0.466 e. The summed E-state index contributed by atoms with van der Waals surface area (Å²) in [5, 5.41) is 0. The van der Waals surface area contributed by atoms with Crippen molar-refractivity contribution in [3.05, 3.63) is 30.3 Å². The lowest BCUT2D eigenvalue weighted by molar-refractivity contribution is -0.119. The van der Waals surface area contributed by atoms with Crippen molar-refractivity contribution in [3.63, 3.8) is 0 Å². The summed E-state index contributed by atoms with van der Waals surface area (Å²) in [6, 6.07) is 8.98. The van der Waals surface area contributed by atoms with Crippen molar-refractivity contribution in [2.24, 2.45) is 5.73 Å². The van der Waals surface area contributed by atoms with Crippen LogP contribution < -0.4 is 10.5 Å². The lowest BCUT2D eigenvalue weighted by Crippen LogP contribution is -2.44. The summed E-state index contributed by atoms with van der Waals surface area (Å²) in [4.78, 5) is 10.4. The molecule has 0 heterocycles. The van der Waals surface area contributed by atoms with Gasteiger partial charge < -0.3 is 4.74 Å². The second-order valence-electron chi connectivity index (χ2n) is 2.72. The molecular formula is C9H11NO2. The van der Waals surface area contributed by atoms with Gasteiger partial charge in [0.25, 0.3) is 0 Å². The third-order valence-electron chi connectivity index (χ3n) is 1.31. The van der Waals surface area contributed by atoms with Gasteiger partial charge in [-0.15, -0.1) is 0 Å². The Balaban J connectivity index is 2.70. The second-order valence-corrected chi connectivity index (χ2v) is 2.72. The van der Waals surface area contributed by atoms with Crippen LogP contribution in [0.2, 0.25) is 0 Å². The normalized spacial score (nSPS) is 14.8. The first-order chi connectivity index (χ1) is 5.64. The van der Waals surface area contributed by atoms with Crippen LogP contribution in [-0.2, 0) is 4.79 Å². The van der Waals surface area contributed by atoms with Crippen molar-refractivity contribution in [3.8, 4) is 5.75 Å². The Labute approximate surface area is 71.1 Å². The van der Waals surface area contributed by atoms with Crippen molar-refractivity contribution in [2.75, 3.05) is 0 Å². The highest BCUT2D eigenvalue weighted by molar-refractivity contribution is 5.61. The van der Waals surface area contributed by atoms with E-state index >= 15 is 0 Å². The van der Waals surface area contributed by atoms with Crippen molar-refractivity contribution < 1.29 is 9.53 Å². The SMILES string of the molecule is CC(N)(C=O)Oc1ccccc1. The molecule has 1 atom stereocenters. The fraction of sp³-hybridized carbons (Fsp3) is 0.222. The predicted molar refractivity (Wildman–Crippen MR) is 45.7 cm³/mol. The lowest BCUT2D eigenvalue weighted by atomic mass is 10.3. The van der Waals surface area contributed by atoms with Crippen LogP contribution in [0.5, 0.6) is 5.75 Å². The summed E-state index contributed by atoms with van der Waals surface area (Å²) < 4.78 is 5.16. The van der Waals surface area contributed by atoms with E-state index in [1.54, 1.807) is 12.1 Å². The maximum atomic E-state index is 10.4. The van der Waals surface area contributed by atoms with Gasteiger partial charge >= 0.3 is 0 Å². The van der Waals surface area contributed by atoms with Gasteiger partial charge in [-0.3, -0.25) is 10.5 Å². The van der Waals surface area contributed by atoms with E-state index in [1.165, 1.54) is 6.92 Å². The molecule has 0 spiro atoms. The molecule has 1 aromatic rings. The van der Waals surface area contributed by atoms with Crippen molar-refractivity contribution in [2.45, 2.75) is 12.6 Å². The molecule has 0 bridgehead atoms. The smallest absolute Gasteiger partial charge is 0.211 e. The fourth-order valence-electron chi connectivity index (χ4n) is 0.767. The minimum atomic E-state index is -1.23. The van der Waals surface area contributed by atoms with E-state index in [2.05, 4.69) is 0 Å². The molecule has 0 saturated heterocycles. The maximum absolute atomic E-state index is 10.4. The van der Waals surface area contributed by atoms with Gasteiger partial charge in [0.1, 0.15) is 5.75 Å². The first-order valence-corrected chi connectivity index (χ1v) is 3.63. The van der Waals surface area contributed by atoms with E-state index in [-0.39, 0.29) is 0 Å². The number of hydrogen-bond acceptors (Lipinski definition) is 3. The first kappa shape index (κ1) is 8.74. The van der Waals surface area contributed by atoms with Crippen molar-refractivity contribution in [1.82, 2.24) is 0 Å². The van der Waals surface area contributed by atoms with E-state index in [0.29, 0.717) is 12.0 Å². The first-order valence-electron chi connectivity index (χ1n) is 3.63. The van der Waals surface area contributed by atoms with Crippen LogP contribution in [0.25, 0.3) is 0 Å². The molecule has 3 heteroatoms. The Morgan fingerprint density at radius 3 is 2.50 bits per heavy atom. The topological polar surface area (TPSA) is 52.3 Å². The summed E-state index contributed by atoms with van der Waals surface area (Å²) in [7, 11) is 0. The molecular weight excluding hydrogens is 154 g/mol. The number of carbonyl (C=O) groups is 1. The van der Waals surface area contributed by atoms with Gasteiger partial charge in [0.15, 0.2) is 6.29 Å². The number of ether oxygens (including phenoxy) is 1. The molecule has 64 valence electrons. The number of hydrogen-bond donors (Lipinski definition) is 1. The summed E-state index contributed by atoms with van der Waals surface area (Å²) in [6.07, 6.45) is 0.569. The van der Waals surface area contributed by atoms with Crippen LogP contribution in [0.1, 0.15) is 6.92 Å². The quantitative estimate of drug-likeness (QED) is 0.535. The molecule has 1 unspecified atom stereocenters. The number of benzene rings is 1. The highest BCUT2D eigenvalue weighted by Gasteiger charge is 2.18. The van der Waals surface area contributed by atoms with E-state index in [4.69, 9.17) is 10.5 Å². The summed E-state index contributed by atoms with van der Waals surface area (Å²) in [5.41, 5.74) is 4.22. The second kappa shape index (κ2) is 3.36. The molecule has 0 radical (unpaired) electrons. The molecule has 0 aliphatic heterocycles. The highest BCUT2D eigenvalue weighted by atomic mass is 16.5. The van der Waals surface area contributed by atoms with Crippen molar-refractivity contribution >= 4 is 6.29 Å². The molecule has 2 N–H and O–H groups in total. The molecule has 0 aromatic heterocycles. The number of nitrogens with two attached hydrogens (primary N) is 1. The summed E-state index contributed by atoms with van der Waals surface area (Å²) in [5.74, 6) is 0.592. The third-order valence-corrected chi connectivity index (χ3v) is 1.31. The van der Waals surface area contributed by atoms with Crippen LogP contribution in [-0.4, -0.2) is 12.0 Å². The average Bonchev–Trinajstić information content (AvgIpc) is 2.06. The van der Waals surface area contributed by atoms with Crippen LogP contribution in [0.4, 0.5) is 0 Å². The van der Waals surface area contributed by atoms with Gasteiger partial charge in [-0.25, -0.2) is 0 Å². The number of rotatable bonds is 3. The molecule has 0 fully saturated rings. The van der Waals surface area contributed by atoms with Gasteiger partial charge in [0.2, 0.25) is 5.72 Å². The zero-order chi connectivity index (χ0) is 9.03. The average molecular weight is 165 g/mol. The Bertz CT molecular complexity index is 256. The molecule has 0 aliphatic carbocycles. The molecule has 1 aromatic carbocycles. The zero-order valence-electron chi connectivity index (χ0n) is 6.86. The highest BCUT2D eigenvalue weighted by Crippen LogP contribution is 2.12. The number of aldehydes is 1. The molecule has 0 aliphatic rings. The maximum Gasteiger partial charge on any atom is 0.211 e. The van der Waals surface area contributed by atoms with Crippen LogP contribution in [0, 0.1) is 0 Å². The van der Waals surface area contributed by atoms with E-state index < -0.39 is 5.72 Å². The molecule has 0 saturated carbocycles.